The number of rotatable bonds is 12. The average molecular weight is 369 g/mol. The van der Waals surface area contributed by atoms with Gasteiger partial charge in [-0.15, -0.1) is 0 Å². The molecule has 0 saturated heterocycles. The van der Waals surface area contributed by atoms with Crippen LogP contribution in [0.3, 0.4) is 0 Å². The Morgan fingerprint density at radius 2 is 1.74 bits per heavy atom. The number of para-hydroxylation sites is 1. The van der Waals surface area contributed by atoms with Gasteiger partial charge in [-0.2, -0.15) is 0 Å². The van der Waals surface area contributed by atoms with Crippen molar-refractivity contribution in [3.8, 4) is 11.5 Å². The lowest BCUT2D eigenvalue weighted by Gasteiger charge is -2.22. The van der Waals surface area contributed by atoms with Gasteiger partial charge in [0.2, 0.25) is 5.91 Å². The molecule has 1 N–H and O–H groups in total. The molecule has 1 amide bonds. The third kappa shape index (κ3) is 8.27. The minimum Gasteiger partial charge on any atom is -0.457 e. The Bertz CT molecular complexity index is 673. The molecule has 146 valence electrons. The molecule has 0 atom stereocenters. The fraction of sp³-hybridized carbons (Fsp3) is 0.435. The summed E-state index contributed by atoms with van der Waals surface area (Å²) in [6.07, 6.45) is 3.80. The van der Waals surface area contributed by atoms with Crippen LogP contribution in [0.1, 0.15) is 45.1 Å². The minimum absolute atomic E-state index is 0.138. The van der Waals surface area contributed by atoms with E-state index < -0.39 is 0 Å². The zero-order valence-electron chi connectivity index (χ0n) is 16.6. The van der Waals surface area contributed by atoms with Crippen molar-refractivity contribution in [1.82, 2.24) is 10.2 Å². The lowest BCUT2D eigenvalue weighted by molar-refractivity contribution is -0.121. The molecule has 27 heavy (non-hydrogen) atoms. The van der Waals surface area contributed by atoms with Gasteiger partial charge in [-0.25, -0.2) is 0 Å². The normalized spacial score (nSPS) is 10.8. The third-order valence-corrected chi connectivity index (χ3v) is 4.34. The van der Waals surface area contributed by atoms with E-state index in [1.54, 1.807) is 0 Å². The van der Waals surface area contributed by atoms with E-state index in [9.17, 15) is 4.79 Å². The van der Waals surface area contributed by atoms with Gasteiger partial charge < -0.3 is 10.1 Å². The Balaban J connectivity index is 1.94. The van der Waals surface area contributed by atoms with Crippen LogP contribution in [-0.2, 0) is 11.3 Å². The average Bonchev–Trinajstić information content (AvgIpc) is 2.69. The number of carbonyl (C=O) groups excluding carboxylic acids is 1. The Hall–Kier alpha value is -2.33. The third-order valence-electron chi connectivity index (χ3n) is 4.34. The largest absolute Gasteiger partial charge is 0.457 e. The molecule has 0 heterocycles. The van der Waals surface area contributed by atoms with Crippen molar-refractivity contribution in [3.05, 3.63) is 60.2 Å². The van der Waals surface area contributed by atoms with Gasteiger partial charge in [0, 0.05) is 26.1 Å². The summed E-state index contributed by atoms with van der Waals surface area (Å²) in [7, 11) is 0. The number of benzene rings is 2. The van der Waals surface area contributed by atoms with Crippen LogP contribution in [0.25, 0.3) is 0 Å². The summed E-state index contributed by atoms with van der Waals surface area (Å²) in [5.41, 5.74) is 1.20. The number of hydrogen-bond donors (Lipinski definition) is 1. The van der Waals surface area contributed by atoms with Crippen LogP contribution in [0, 0.1) is 0 Å². The summed E-state index contributed by atoms with van der Waals surface area (Å²) < 4.78 is 5.94. The van der Waals surface area contributed by atoms with Crippen molar-refractivity contribution in [1.29, 1.82) is 0 Å². The number of nitrogens with one attached hydrogen (secondary N) is 1. The molecule has 0 unspecified atom stereocenters. The van der Waals surface area contributed by atoms with E-state index >= 15 is 0 Å². The SMILES string of the molecule is CCCCN(CCC(=O)NCCC)Cc1cccc(Oc2ccccc2)c1. The van der Waals surface area contributed by atoms with Crippen molar-refractivity contribution < 1.29 is 9.53 Å². The van der Waals surface area contributed by atoms with Crippen molar-refractivity contribution in [2.24, 2.45) is 0 Å². The van der Waals surface area contributed by atoms with Gasteiger partial charge in [0.25, 0.3) is 0 Å². The summed E-state index contributed by atoms with van der Waals surface area (Å²) >= 11 is 0. The maximum absolute atomic E-state index is 11.9. The first kappa shape index (κ1) is 21.0. The Labute approximate surface area is 163 Å². The van der Waals surface area contributed by atoms with Crippen LogP contribution in [0.4, 0.5) is 0 Å². The molecule has 0 bridgehead atoms. The summed E-state index contributed by atoms with van der Waals surface area (Å²) in [4.78, 5) is 14.3. The quantitative estimate of drug-likeness (QED) is 0.573. The highest BCUT2D eigenvalue weighted by Crippen LogP contribution is 2.22. The molecule has 0 aromatic heterocycles. The van der Waals surface area contributed by atoms with Crippen LogP contribution in [0.2, 0.25) is 0 Å². The number of amides is 1. The molecule has 0 aliphatic heterocycles. The van der Waals surface area contributed by atoms with Crippen molar-refractivity contribution in [2.75, 3.05) is 19.6 Å². The number of carbonyl (C=O) groups is 1. The monoisotopic (exact) mass is 368 g/mol. The summed E-state index contributed by atoms with van der Waals surface area (Å²) in [6.45, 7) is 7.62. The van der Waals surface area contributed by atoms with E-state index in [4.69, 9.17) is 4.74 Å². The van der Waals surface area contributed by atoms with Gasteiger partial charge in [-0.05, 0) is 49.2 Å². The van der Waals surface area contributed by atoms with Crippen LogP contribution in [-0.4, -0.2) is 30.4 Å². The van der Waals surface area contributed by atoms with Crippen LogP contribution >= 0.6 is 0 Å². The van der Waals surface area contributed by atoms with E-state index in [0.717, 1.165) is 56.9 Å². The first-order valence-corrected chi connectivity index (χ1v) is 10.0. The van der Waals surface area contributed by atoms with Crippen molar-refractivity contribution in [3.63, 3.8) is 0 Å². The molecular formula is C23H32N2O2. The molecule has 2 aromatic carbocycles. The minimum atomic E-state index is 0.138. The van der Waals surface area contributed by atoms with E-state index in [2.05, 4.69) is 36.2 Å². The van der Waals surface area contributed by atoms with Crippen molar-refractivity contribution in [2.45, 2.75) is 46.1 Å². The topological polar surface area (TPSA) is 41.6 Å². The highest BCUT2D eigenvalue weighted by Gasteiger charge is 2.09. The number of hydrogen-bond acceptors (Lipinski definition) is 3. The Morgan fingerprint density at radius 3 is 2.48 bits per heavy atom. The molecule has 0 radical (unpaired) electrons. The maximum atomic E-state index is 11.9. The molecule has 2 rings (SSSR count). The zero-order chi connectivity index (χ0) is 19.3. The molecule has 0 aliphatic rings. The standard InChI is InChI=1S/C23H32N2O2/c1-3-5-16-25(17-14-23(26)24-15-4-2)19-20-10-9-13-22(18-20)27-21-11-7-6-8-12-21/h6-13,18H,3-5,14-17,19H2,1-2H3,(H,24,26). The van der Waals surface area contributed by atoms with E-state index in [1.807, 2.05) is 42.5 Å². The first-order valence-electron chi connectivity index (χ1n) is 10.0. The lowest BCUT2D eigenvalue weighted by atomic mass is 10.2. The van der Waals surface area contributed by atoms with Crippen molar-refractivity contribution >= 4 is 5.91 Å². The smallest absolute Gasteiger partial charge is 0.221 e. The Morgan fingerprint density at radius 1 is 0.963 bits per heavy atom. The summed E-state index contributed by atoms with van der Waals surface area (Å²) in [6, 6.07) is 18.0. The van der Waals surface area contributed by atoms with E-state index in [1.165, 1.54) is 5.56 Å². The predicted molar refractivity (Wildman–Crippen MR) is 111 cm³/mol. The highest BCUT2D eigenvalue weighted by atomic mass is 16.5. The summed E-state index contributed by atoms with van der Waals surface area (Å²) in [5.74, 6) is 1.82. The van der Waals surface area contributed by atoms with Gasteiger partial charge in [-0.1, -0.05) is 50.6 Å². The van der Waals surface area contributed by atoms with E-state index in [0.29, 0.717) is 6.42 Å². The second-order valence-corrected chi connectivity index (χ2v) is 6.79. The molecule has 0 fully saturated rings. The fourth-order valence-corrected chi connectivity index (χ4v) is 2.85. The molecule has 0 aliphatic carbocycles. The lowest BCUT2D eigenvalue weighted by Crippen LogP contribution is -2.31. The second-order valence-electron chi connectivity index (χ2n) is 6.79. The molecule has 2 aromatic rings. The first-order chi connectivity index (χ1) is 13.2. The predicted octanol–water partition coefficient (Wildman–Crippen LogP) is 5.00. The van der Waals surface area contributed by atoms with Gasteiger partial charge >= 0.3 is 0 Å². The molecular weight excluding hydrogens is 336 g/mol. The highest BCUT2D eigenvalue weighted by molar-refractivity contribution is 5.75. The summed E-state index contributed by atoms with van der Waals surface area (Å²) in [5, 5.41) is 2.96. The molecule has 0 spiro atoms. The fourth-order valence-electron chi connectivity index (χ4n) is 2.85. The number of unbranched alkanes of at least 4 members (excludes halogenated alkanes) is 1. The van der Waals surface area contributed by atoms with Crippen LogP contribution in [0.5, 0.6) is 11.5 Å². The molecule has 4 nitrogen and oxygen atoms in total. The molecule has 4 heteroatoms. The van der Waals surface area contributed by atoms with Gasteiger partial charge in [0.15, 0.2) is 0 Å². The molecule has 0 saturated carbocycles. The van der Waals surface area contributed by atoms with E-state index in [-0.39, 0.29) is 5.91 Å². The number of nitrogens with zero attached hydrogens (tertiary/aromatic N) is 1. The van der Waals surface area contributed by atoms with Crippen LogP contribution in [0.15, 0.2) is 54.6 Å². The maximum Gasteiger partial charge on any atom is 0.221 e. The van der Waals surface area contributed by atoms with Gasteiger partial charge in [0.1, 0.15) is 11.5 Å². The Kier molecular flexibility index (Phi) is 9.42. The second kappa shape index (κ2) is 12.1. The van der Waals surface area contributed by atoms with Gasteiger partial charge in [0.05, 0.1) is 0 Å². The zero-order valence-corrected chi connectivity index (χ0v) is 16.6. The number of ether oxygens (including phenoxy) is 1. The van der Waals surface area contributed by atoms with Crippen LogP contribution < -0.4 is 10.1 Å². The van der Waals surface area contributed by atoms with Gasteiger partial charge in [-0.3, -0.25) is 9.69 Å².